The van der Waals surface area contributed by atoms with Crippen LogP contribution in [0.3, 0.4) is 0 Å². The zero-order valence-corrected chi connectivity index (χ0v) is 11.3. The Morgan fingerprint density at radius 3 is 2.65 bits per heavy atom. The van der Waals surface area contributed by atoms with Crippen molar-refractivity contribution in [2.45, 2.75) is 58.0 Å². The average Bonchev–Trinajstić information content (AvgIpc) is 3.09. The molecule has 3 nitrogen and oxygen atoms in total. The lowest BCUT2D eigenvalue weighted by atomic mass is 10.1. The summed E-state index contributed by atoms with van der Waals surface area (Å²) in [4.78, 5) is 0. The van der Waals surface area contributed by atoms with Crippen molar-refractivity contribution in [3.63, 3.8) is 0 Å². The average molecular weight is 235 g/mol. The first-order valence-electron chi connectivity index (χ1n) is 6.99. The van der Waals surface area contributed by atoms with Crippen LogP contribution in [0.4, 0.5) is 0 Å². The third kappa shape index (κ3) is 3.09. The normalized spacial score (nSPS) is 17.6. The highest BCUT2D eigenvalue weighted by Gasteiger charge is 2.30. The molecule has 1 N–H and O–H groups in total. The van der Waals surface area contributed by atoms with Gasteiger partial charge in [-0.05, 0) is 44.7 Å². The first kappa shape index (κ1) is 12.6. The van der Waals surface area contributed by atoms with E-state index < -0.39 is 0 Å². The van der Waals surface area contributed by atoms with Gasteiger partial charge in [0.1, 0.15) is 0 Å². The summed E-state index contributed by atoms with van der Waals surface area (Å²) in [7, 11) is 2.07. The molecule has 0 aromatic carbocycles. The Morgan fingerprint density at radius 2 is 2.12 bits per heavy atom. The summed E-state index contributed by atoms with van der Waals surface area (Å²) >= 11 is 0. The van der Waals surface area contributed by atoms with Crippen molar-refractivity contribution in [3.8, 4) is 0 Å². The van der Waals surface area contributed by atoms with Crippen LogP contribution in [0, 0.1) is 5.92 Å². The molecule has 1 aromatic rings. The zero-order chi connectivity index (χ0) is 12.3. The molecule has 1 heterocycles. The molecule has 1 aliphatic carbocycles. The third-order valence-electron chi connectivity index (χ3n) is 3.97. The fraction of sp³-hybridized carbons (Fsp3) is 0.786. The van der Waals surface area contributed by atoms with Crippen molar-refractivity contribution in [1.82, 2.24) is 15.1 Å². The molecule has 0 radical (unpaired) electrons. The summed E-state index contributed by atoms with van der Waals surface area (Å²) in [5.41, 5.74) is 1.24. The lowest BCUT2D eigenvalue weighted by molar-refractivity contribution is 0.420. The zero-order valence-electron chi connectivity index (χ0n) is 11.3. The topological polar surface area (TPSA) is 29.9 Å². The molecule has 0 amide bonds. The SMILES string of the molecule is CCC(CC)n1ccc(CC(NC)C2CC2)n1. The summed E-state index contributed by atoms with van der Waals surface area (Å²) in [6.45, 7) is 4.46. The number of nitrogens with zero attached hydrogens (tertiary/aromatic N) is 2. The first-order chi connectivity index (χ1) is 8.28. The minimum absolute atomic E-state index is 0.567. The van der Waals surface area contributed by atoms with Crippen LogP contribution in [0.25, 0.3) is 0 Å². The van der Waals surface area contributed by atoms with Crippen LogP contribution in [0.15, 0.2) is 12.3 Å². The van der Waals surface area contributed by atoms with Gasteiger partial charge in [0.25, 0.3) is 0 Å². The third-order valence-corrected chi connectivity index (χ3v) is 3.97. The monoisotopic (exact) mass is 235 g/mol. The number of hydrogen-bond acceptors (Lipinski definition) is 2. The largest absolute Gasteiger partial charge is 0.316 e. The van der Waals surface area contributed by atoms with E-state index in [4.69, 9.17) is 5.10 Å². The molecular weight excluding hydrogens is 210 g/mol. The van der Waals surface area contributed by atoms with Crippen LogP contribution in [0.2, 0.25) is 0 Å². The lowest BCUT2D eigenvalue weighted by Crippen LogP contribution is -2.29. The van der Waals surface area contributed by atoms with Gasteiger partial charge in [0.15, 0.2) is 0 Å². The van der Waals surface area contributed by atoms with E-state index in [0.29, 0.717) is 12.1 Å². The van der Waals surface area contributed by atoms with Crippen molar-refractivity contribution in [2.75, 3.05) is 7.05 Å². The van der Waals surface area contributed by atoms with E-state index in [-0.39, 0.29) is 0 Å². The fourth-order valence-corrected chi connectivity index (χ4v) is 2.58. The van der Waals surface area contributed by atoms with Gasteiger partial charge in [-0.1, -0.05) is 13.8 Å². The van der Waals surface area contributed by atoms with E-state index in [2.05, 4.69) is 43.2 Å². The van der Waals surface area contributed by atoms with E-state index in [0.717, 1.165) is 25.2 Å². The molecule has 1 unspecified atom stereocenters. The van der Waals surface area contributed by atoms with E-state index in [1.807, 2.05) is 0 Å². The Hall–Kier alpha value is -0.830. The molecule has 1 aromatic heterocycles. The van der Waals surface area contributed by atoms with Crippen LogP contribution in [-0.4, -0.2) is 22.9 Å². The number of hydrogen-bond donors (Lipinski definition) is 1. The summed E-state index contributed by atoms with van der Waals surface area (Å²) in [5.74, 6) is 0.887. The molecule has 96 valence electrons. The maximum absolute atomic E-state index is 4.73. The molecule has 1 aliphatic rings. The second-order valence-corrected chi connectivity index (χ2v) is 5.19. The van der Waals surface area contributed by atoms with Crippen LogP contribution in [-0.2, 0) is 6.42 Å². The van der Waals surface area contributed by atoms with Gasteiger partial charge in [0.2, 0.25) is 0 Å². The molecular formula is C14H25N3. The summed E-state index contributed by atoms with van der Waals surface area (Å²) < 4.78 is 2.15. The van der Waals surface area contributed by atoms with Crippen LogP contribution in [0.5, 0.6) is 0 Å². The maximum atomic E-state index is 4.73. The molecule has 2 rings (SSSR count). The van der Waals surface area contributed by atoms with E-state index >= 15 is 0 Å². The second-order valence-electron chi connectivity index (χ2n) is 5.19. The minimum atomic E-state index is 0.567. The van der Waals surface area contributed by atoms with E-state index in [1.165, 1.54) is 18.5 Å². The van der Waals surface area contributed by atoms with Crippen molar-refractivity contribution in [3.05, 3.63) is 18.0 Å². The molecule has 3 heteroatoms. The van der Waals surface area contributed by atoms with Crippen molar-refractivity contribution < 1.29 is 0 Å². The van der Waals surface area contributed by atoms with Gasteiger partial charge in [-0.25, -0.2) is 0 Å². The van der Waals surface area contributed by atoms with E-state index in [9.17, 15) is 0 Å². The maximum Gasteiger partial charge on any atom is 0.0640 e. The van der Waals surface area contributed by atoms with Crippen LogP contribution < -0.4 is 5.32 Å². The Kier molecular flexibility index (Phi) is 4.21. The summed E-state index contributed by atoms with van der Waals surface area (Å²) in [5, 5.41) is 8.16. The van der Waals surface area contributed by atoms with Gasteiger partial charge in [0, 0.05) is 18.7 Å². The smallest absolute Gasteiger partial charge is 0.0640 e. The molecule has 17 heavy (non-hydrogen) atoms. The fourth-order valence-electron chi connectivity index (χ4n) is 2.58. The molecule has 0 spiro atoms. The molecule has 1 atom stereocenters. The van der Waals surface area contributed by atoms with Crippen molar-refractivity contribution in [2.24, 2.45) is 5.92 Å². The first-order valence-corrected chi connectivity index (χ1v) is 6.99. The quantitative estimate of drug-likeness (QED) is 0.787. The standard InChI is InChI=1S/C14H25N3/c1-4-13(5-2)17-9-8-12(16-17)10-14(15-3)11-6-7-11/h8-9,11,13-15H,4-7,10H2,1-3H3. The number of likely N-dealkylation sites (N-methyl/N-ethyl adjacent to an activating group) is 1. The highest BCUT2D eigenvalue weighted by molar-refractivity contribution is 5.04. The van der Waals surface area contributed by atoms with Gasteiger partial charge < -0.3 is 5.32 Å². The van der Waals surface area contributed by atoms with Crippen LogP contribution >= 0.6 is 0 Å². The van der Waals surface area contributed by atoms with E-state index in [1.54, 1.807) is 0 Å². The Labute approximate surface area is 105 Å². The summed E-state index contributed by atoms with van der Waals surface area (Å²) in [6.07, 6.45) is 8.32. The Morgan fingerprint density at radius 1 is 1.41 bits per heavy atom. The Balaban J connectivity index is 1.97. The van der Waals surface area contributed by atoms with Crippen LogP contribution in [0.1, 0.15) is 51.3 Å². The second kappa shape index (κ2) is 5.67. The van der Waals surface area contributed by atoms with Gasteiger partial charge >= 0.3 is 0 Å². The Bertz CT molecular complexity index is 337. The highest BCUT2D eigenvalue weighted by Crippen LogP contribution is 2.33. The molecule has 1 fully saturated rings. The molecule has 0 aliphatic heterocycles. The van der Waals surface area contributed by atoms with Crippen molar-refractivity contribution >= 4 is 0 Å². The number of nitrogens with one attached hydrogen (secondary N) is 1. The van der Waals surface area contributed by atoms with Gasteiger partial charge in [-0.2, -0.15) is 5.10 Å². The number of rotatable bonds is 7. The number of aromatic nitrogens is 2. The minimum Gasteiger partial charge on any atom is -0.316 e. The predicted octanol–water partition coefficient (Wildman–Crippen LogP) is 2.78. The van der Waals surface area contributed by atoms with Crippen molar-refractivity contribution in [1.29, 1.82) is 0 Å². The molecule has 1 saturated carbocycles. The molecule has 0 saturated heterocycles. The lowest BCUT2D eigenvalue weighted by Gasteiger charge is -2.14. The van der Waals surface area contributed by atoms with Gasteiger partial charge in [0.05, 0.1) is 11.7 Å². The van der Waals surface area contributed by atoms with Gasteiger partial charge in [-0.3, -0.25) is 4.68 Å². The van der Waals surface area contributed by atoms with Gasteiger partial charge in [-0.15, -0.1) is 0 Å². The highest BCUT2D eigenvalue weighted by atomic mass is 15.3. The predicted molar refractivity (Wildman–Crippen MR) is 71.1 cm³/mol. The summed E-state index contributed by atoms with van der Waals surface area (Å²) in [6, 6.07) is 3.38. The molecule has 0 bridgehead atoms.